The summed E-state index contributed by atoms with van der Waals surface area (Å²) in [6.45, 7) is 0.544. The smallest absolute Gasteiger partial charge is 0.324 e. The van der Waals surface area contributed by atoms with Gasteiger partial charge in [-0.2, -0.15) is 0 Å². The fraction of sp³-hybridized carbons (Fsp3) is 0.800. The first-order chi connectivity index (χ1) is 7.24. The third-order valence-electron chi connectivity index (χ3n) is 3.56. The minimum Gasteiger partial charge on any atom is -0.373 e. The molecule has 3 aliphatic rings. The van der Waals surface area contributed by atoms with E-state index in [0.717, 1.165) is 19.3 Å². The lowest BCUT2D eigenvalue weighted by molar-refractivity contribution is -0.121. The molecule has 1 N–H and O–H groups in total. The Morgan fingerprint density at radius 2 is 2.20 bits per heavy atom. The minimum atomic E-state index is -0.243. The van der Waals surface area contributed by atoms with Crippen LogP contribution in [0.15, 0.2) is 0 Å². The van der Waals surface area contributed by atoms with E-state index in [0.29, 0.717) is 19.1 Å². The molecule has 3 amide bonds. The zero-order chi connectivity index (χ0) is 10.4. The largest absolute Gasteiger partial charge is 0.373 e. The molecule has 5 heteroatoms. The Kier molecular flexibility index (Phi) is 1.95. The summed E-state index contributed by atoms with van der Waals surface area (Å²) >= 11 is 0. The normalized spacial score (nSPS) is 39.7. The molecule has 2 bridgehead atoms. The number of fused-ring (bicyclic) bond motifs is 2. The molecule has 0 aromatic rings. The predicted molar refractivity (Wildman–Crippen MR) is 51.2 cm³/mol. The third kappa shape index (κ3) is 1.42. The van der Waals surface area contributed by atoms with E-state index in [9.17, 15) is 9.59 Å². The molecule has 15 heavy (non-hydrogen) atoms. The van der Waals surface area contributed by atoms with E-state index in [1.54, 1.807) is 4.90 Å². The molecule has 3 rings (SSSR count). The Bertz CT molecular complexity index is 318. The van der Waals surface area contributed by atoms with E-state index < -0.39 is 0 Å². The summed E-state index contributed by atoms with van der Waals surface area (Å²) < 4.78 is 5.71. The van der Waals surface area contributed by atoms with Crippen LogP contribution in [-0.2, 0) is 9.53 Å². The van der Waals surface area contributed by atoms with Gasteiger partial charge in [0.15, 0.2) is 0 Å². The zero-order valence-electron chi connectivity index (χ0n) is 8.44. The van der Waals surface area contributed by atoms with E-state index in [2.05, 4.69) is 5.32 Å². The van der Waals surface area contributed by atoms with Crippen molar-refractivity contribution in [2.45, 2.75) is 43.9 Å². The summed E-state index contributed by atoms with van der Waals surface area (Å²) in [5, 5.41) is 2.36. The van der Waals surface area contributed by atoms with Gasteiger partial charge in [0.1, 0.15) is 0 Å². The first-order valence-corrected chi connectivity index (χ1v) is 5.50. The Hall–Kier alpha value is -1.10. The molecule has 0 aromatic carbocycles. The van der Waals surface area contributed by atoms with Crippen molar-refractivity contribution >= 4 is 11.9 Å². The molecule has 3 heterocycles. The zero-order valence-corrected chi connectivity index (χ0v) is 8.44. The number of urea groups is 1. The number of nitrogens with one attached hydrogen (secondary N) is 1. The molecular formula is C10H14N2O3. The maximum Gasteiger partial charge on any atom is 0.324 e. The Balaban J connectivity index is 1.72. The minimum absolute atomic E-state index is 0.166. The van der Waals surface area contributed by atoms with Gasteiger partial charge in [-0.05, 0) is 19.3 Å². The van der Waals surface area contributed by atoms with Crippen molar-refractivity contribution in [3.8, 4) is 0 Å². The molecule has 0 spiro atoms. The maximum absolute atomic E-state index is 11.6. The highest BCUT2D eigenvalue weighted by Crippen LogP contribution is 2.37. The van der Waals surface area contributed by atoms with Gasteiger partial charge in [0.2, 0.25) is 5.91 Å². The molecule has 3 unspecified atom stereocenters. The molecule has 0 aromatic heterocycles. The number of amides is 3. The Morgan fingerprint density at radius 1 is 1.33 bits per heavy atom. The van der Waals surface area contributed by atoms with Gasteiger partial charge >= 0.3 is 6.03 Å². The maximum atomic E-state index is 11.6. The molecule has 82 valence electrons. The van der Waals surface area contributed by atoms with Gasteiger partial charge < -0.3 is 9.64 Å². The van der Waals surface area contributed by atoms with Crippen LogP contribution in [0.5, 0.6) is 0 Å². The van der Waals surface area contributed by atoms with Crippen LogP contribution in [-0.4, -0.2) is 41.6 Å². The molecule has 0 saturated carbocycles. The van der Waals surface area contributed by atoms with E-state index in [1.807, 2.05) is 0 Å². The van der Waals surface area contributed by atoms with E-state index in [4.69, 9.17) is 4.74 Å². The number of rotatable bonds is 1. The van der Waals surface area contributed by atoms with Gasteiger partial charge in [0.25, 0.3) is 0 Å². The predicted octanol–water partition coefficient (Wildman–Crippen LogP) is 0.248. The van der Waals surface area contributed by atoms with Crippen molar-refractivity contribution in [3.05, 3.63) is 0 Å². The molecule has 3 fully saturated rings. The van der Waals surface area contributed by atoms with Crippen molar-refractivity contribution in [1.82, 2.24) is 10.2 Å². The molecule has 0 radical (unpaired) electrons. The van der Waals surface area contributed by atoms with Crippen LogP contribution in [0.3, 0.4) is 0 Å². The molecule has 3 saturated heterocycles. The lowest BCUT2D eigenvalue weighted by Crippen LogP contribution is -2.55. The van der Waals surface area contributed by atoms with Crippen LogP contribution in [0.4, 0.5) is 4.79 Å². The first kappa shape index (κ1) is 9.15. The van der Waals surface area contributed by atoms with E-state index in [-0.39, 0.29) is 24.1 Å². The number of hydrogen-bond acceptors (Lipinski definition) is 3. The van der Waals surface area contributed by atoms with Crippen LogP contribution in [0, 0.1) is 0 Å². The highest BCUT2D eigenvalue weighted by molar-refractivity contribution is 5.96. The van der Waals surface area contributed by atoms with Crippen molar-refractivity contribution in [1.29, 1.82) is 0 Å². The molecule has 0 aliphatic carbocycles. The SMILES string of the molecule is O=C1CCN(C2CC3CCC2O3)C(=O)N1. The summed E-state index contributed by atoms with van der Waals surface area (Å²) in [5.74, 6) is -0.166. The van der Waals surface area contributed by atoms with Crippen LogP contribution < -0.4 is 5.32 Å². The number of hydrogen-bond donors (Lipinski definition) is 1. The van der Waals surface area contributed by atoms with Crippen molar-refractivity contribution in [3.63, 3.8) is 0 Å². The fourth-order valence-corrected chi connectivity index (χ4v) is 2.83. The summed E-state index contributed by atoms with van der Waals surface area (Å²) in [6.07, 6.45) is 4.06. The number of ether oxygens (including phenoxy) is 1. The average Bonchev–Trinajstić information content (AvgIpc) is 2.78. The van der Waals surface area contributed by atoms with Gasteiger partial charge in [0.05, 0.1) is 18.2 Å². The van der Waals surface area contributed by atoms with Gasteiger partial charge in [-0.3, -0.25) is 10.1 Å². The topological polar surface area (TPSA) is 58.6 Å². The molecule has 3 aliphatic heterocycles. The fourth-order valence-electron chi connectivity index (χ4n) is 2.83. The second-order valence-corrected chi connectivity index (χ2v) is 4.47. The number of carbonyl (C=O) groups is 2. The van der Waals surface area contributed by atoms with Crippen molar-refractivity contribution < 1.29 is 14.3 Å². The number of nitrogens with zero attached hydrogens (tertiary/aromatic N) is 1. The summed E-state index contributed by atoms with van der Waals surface area (Å²) in [5.41, 5.74) is 0. The average molecular weight is 210 g/mol. The lowest BCUT2D eigenvalue weighted by atomic mass is 9.94. The highest BCUT2D eigenvalue weighted by atomic mass is 16.5. The van der Waals surface area contributed by atoms with Crippen molar-refractivity contribution in [2.75, 3.05) is 6.54 Å². The van der Waals surface area contributed by atoms with Crippen LogP contribution in [0.2, 0.25) is 0 Å². The van der Waals surface area contributed by atoms with Gasteiger partial charge in [0, 0.05) is 13.0 Å². The molecular weight excluding hydrogens is 196 g/mol. The standard InChI is InChI=1S/C10H14N2O3/c13-9-3-4-12(10(14)11-9)7-5-6-1-2-8(7)15-6/h6-8H,1-5H2,(H,11,13,14). The van der Waals surface area contributed by atoms with Gasteiger partial charge in [-0.25, -0.2) is 4.79 Å². The Morgan fingerprint density at radius 3 is 2.80 bits per heavy atom. The second kappa shape index (κ2) is 3.20. The first-order valence-electron chi connectivity index (χ1n) is 5.50. The van der Waals surface area contributed by atoms with E-state index in [1.165, 1.54) is 0 Å². The van der Waals surface area contributed by atoms with Gasteiger partial charge in [-0.1, -0.05) is 0 Å². The van der Waals surface area contributed by atoms with Crippen molar-refractivity contribution in [2.24, 2.45) is 0 Å². The third-order valence-corrected chi connectivity index (χ3v) is 3.56. The lowest BCUT2D eigenvalue weighted by Gasteiger charge is -2.34. The summed E-state index contributed by atoms with van der Waals surface area (Å²) in [4.78, 5) is 24.4. The van der Waals surface area contributed by atoms with Crippen LogP contribution in [0.25, 0.3) is 0 Å². The number of imide groups is 1. The van der Waals surface area contributed by atoms with Gasteiger partial charge in [-0.15, -0.1) is 0 Å². The molecule has 3 atom stereocenters. The van der Waals surface area contributed by atoms with E-state index >= 15 is 0 Å². The Labute approximate surface area is 87.8 Å². The van der Waals surface area contributed by atoms with Crippen LogP contribution in [0.1, 0.15) is 25.7 Å². The molecule has 5 nitrogen and oxygen atoms in total. The number of carbonyl (C=O) groups excluding carboxylic acids is 2. The highest BCUT2D eigenvalue weighted by Gasteiger charge is 2.45. The summed E-state index contributed by atoms with van der Waals surface area (Å²) in [6, 6.07) is -0.0516. The summed E-state index contributed by atoms with van der Waals surface area (Å²) in [7, 11) is 0. The van der Waals surface area contributed by atoms with Crippen LogP contribution >= 0.6 is 0 Å². The second-order valence-electron chi connectivity index (χ2n) is 4.47. The monoisotopic (exact) mass is 210 g/mol. The quantitative estimate of drug-likeness (QED) is 0.674.